The van der Waals surface area contributed by atoms with Crippen LogP contribution in [0.5, 0.6) is 0 Å². The lowest BCUT2D eigenvalue weighted by molar-refractivity contribution is 0.585. The van der Waals surface area contributed by atoms with E-state index in [1.807, 2.05) is 12.1 Å². The van der Waals surface area contributed by atoms with Crippen molar-refractivity contribution < 1.29 is 8.78 Å². The summed E-state index contributed by atoms with van der Waals surface area (Å²) in [5.41, 5.74) is 4.42. The lowest BCUT2D eigenvalue weighted by Gasteiger charge is -2.13. The third-order valence-electron chi connectivity index (χ3n) is 4.83. The van der Waals surface area contributed by atoms with Gasteiger partial charge in [0.15, 0.2) is 0 Å². The molecule has 0 radical (unpaired) electrons. The van der Waals surface area contributed by atoms with Crippen molar-refractivity contribution in [3.63, 3.8) is 0 Å². The van der Waals surface area contributed by atoms with E-state index < -0.39 is 28.6 Å². The minimum Gasteiger partial charge on any atom is -0.382 e. The van der Waals surface area contributed by atoms with Crippen molar-refractivity contribution >= 4 is 34.5 Å². The highest BCUT2D eigenvalue weighted by Crippen LogP contribution is 2.31. The number of nitrogen functional groups attached to an aromatic ring is 1. The van der Waals surface area contributed by atoms with Gasteiger partial charge in [0.2, 0.25) is 0 Å². The third kappa shape index (κ3) is 3.78. The Morgan fingerprint density at radius 2 is 1.82 bits per heavy atom. The summed E-state index contributed by atoms with van der Waals surface area (Å²) in [6.07, 6.45) is 1.21. The van der Waals surface area contributed by atoms with Crippen LogP contribution in [0.15, 0.2) is 58.4 Å². The number of anilines is 1. The number of nitriles is 2. The fourth-order valence-corrected chi connectivity index (χ4v) is 3.49. The number of hydrogen-bond acceptors (Lipinski definition) is 6. The van der Waals surface area contributed by atoms with Gasteiger partial charge in [-0.25, -0.2) is 13.8 Å². The summed E-state index contributed by atoms with van der Waals surface area (Å²) >= 11 is 6.20. The molecule has 0 unspecified atom stereocenters. The van der Waals surface area contributed by atoms with Gasteiger partial charge in [0.05, 0.1) is 11.7 Å². The molecule has 0 bridgehead atoms. The molecule has 0 saturated carbocycles. The first-order chi connectivity index (χ1) is 15.8. The standard InChI is InChI=1S/C23H11ClF2N6O/c24-21-13(7-12-3-1-2-4-19(12)31-21)11-30-32-22(29)16(9-27)20(17(10-28)23(32)33)15-6-5-14(25)8-18(15)26/h1-8,11H,29H2/b30-11+. The van der Waals surface area contributed by atoms with Crippen molar-refractivity contribution in [2.75, 3.05) is 5.73 Å². The van der Waals surface area contributed by atoms with E-state index in [0.717, 1.165) is 17.5 Å². The molecule has 7 nitrogen and oxygen atoms in total. The molecule has 2 N–H and O–H groups in total. The van der Waals surface area contributed by atoms with E-state index in [1.54, 1.807) is 30.3 Å². The average molecular weight is 461 g/mol. The van der Waals surface area contributed by atoms with E-state index in [1.165, 1.54) is 6.21 Å². The summed E-state index contributed by atoms with van der Waals surface area (Å²) in [6, 6.07) is 14.9. The summed E-state index contributed by atoms with van der Waals surface area (Å²) in [5, 5.41) is 24.1. The van der Waals surface area contributed by atoms with Crippen molar-refractivity contribution in [1.29, 1.82) is 10.5 Å². The Kier molecular flexibility index (Phi) is 5.57. The van der Waals surface area contributed by atoms with Crippen LogP contribution < -0.4 is 11.3 Å². The zero-order chi connectivity index (χ0) is 23.7. The van der Waals surface area contributed by atoms with Crippen molar-refractivity contribution in [3.8, 4) is 23.3 Å². The Bertz CT molecular complexity index is 1620. The van der Waals surface area contributed by atoms with Gasteiger partial charge >= 0.3 is 0 Å². The predicted molar refractivity (Wildman–Crippen MR) is 120 cm³/mol. The van der Waals surface area contributed by atoms with E-state index in [-0.39, 0.29) is 21.8 Å². The highest BCUT2D eigenvalue weighted by atomic mass is 35.5. The Morgan fingerprint density at radius 3 is 2.52 bits per heavy atom. The third-order valence-corrected chi connectivity index (χ3v) is 5.13. The molecule has 4 rings (SSSR count). The maximum absolute atomic E-state index is 14.4. The Balaban J connectivity index is 1.93. The van der Waals surface area contributed by atoms with Crippen molar-refractivity contribution in [2.45, 2.75) is 0 Å². The van der Waals surface area contributed by atoms with E-state index in [0.29, 0.717) is 21.8 Å². The SMILES string of the molecule is N#Cc1c(-c2ccc(F)cc2F)c(C#N)c(=O)n(/N=C/c2cc3ccccc3nc2Cl)c1N. The Hall–Kier alpha value is -4.60. The van der Waals surface area contributed by atoms with Gasteiger partial charge in [-0.1, -0.05) is 29.8 Å². The second-order valence-corrected chi connectivity index (χ2v) is 7.14. The van der Waals surface area contributed by atoms with Crippen LogP contribution in [0, 0.1) is 34.3 Å². The van der Waals surface area contributed by atoms with Gasteiger partial charge in [-0.3, -0.25) is 4.79 Å². The molecule has 0 fully saturated rings. The van der Waals surface area contributed by atoms with Gasteiger partial charge in [-0.05, 0) is 24.3 Å². The second kappa shape index (κ2) is 8.50. The summed E-state index contributed by atoms with van der Waals surface area (Å²) in [6.45, 7) is 0. The van der Waals surface area contributed by atoms with Gasteiger partial charge in [0, 0.05) is 28.1 Å². The lowest BCUT2D eigenvalue weighted by Crippen LogP contribution is -2.25. The highest BCUT2D eigenvalue weighted by molar-refractivity contribution is 6.32. The summed E-state index contributed by atoms with van der Waals surface area (Å²) in [4.78, 5) is 17.2. The van der Waals surface area contributed by atoms with Gasteiger partial charge in [0.1, 0.15) is 45.9 Å². The molecule has 4 aromatic rings. The molecule has 0 atom stereocenters. The van der Waals surface area contributed by atoms with E-state index in [4.69, 9.17) is 17.3 Å². The normalized spacial score (nSPS) is 10.9. The molecule has 2 heterocycles. The second-order valence-electron chi connectivity index (χ2n) is 6.78. The predicted octanol–water partition coefficient (Wildman–Crippen LogP) is 4.20. The monoisotopic (exact) mass is 460 g/mol. The fraction of sp³-hybridized carbons (Fsp3) is 0. The number of rotatable bonds is 3. The number of halogens is 3. The minimum atomic E-state index is -1.06. The van der Waals surface area contributed by atoms with E-state index in [2.05, 4.69) is 10.1 Å². The maximum atomic E-state index is 14.4. The molecule has 160 valence electrons. The number of benzene rings is 2. The van der Waals surface area contributed by atoms with Gasteiger partial charge < -0.3 is 5.73 Å². The smallest absolute Gasteiger partial charge is 0.291 e. The number of para-hydroxylation sites is 1. The summed E-state index contributed by atoms with van der Waals surface area (Å²) < 4.78 is 28.4. The quantitative estimate of drug-likeness (QED) is 0.362. The average Bonchev–Trinajstić information content (AvgIpc) is 2.79. The molecule has 0 saturated heterocycles. The minimum absolute atomic E-state index is 0.107. The number of aromatic nitrogens is 2. The van der Waals surface area contributed by atoms with E-state index in [9.17, 15) is 24.1 Å². The van der Waals surface area contributed by atoms with Crippen LogP contribution in [0.2, 0.25) is 5.15 Å². The largest absolute Gasteiger partial charge is 0.382 e. The number of hydrogen-bond donors (Lipinski definition) is 1. The zero-order valence-electron chi connectivity index (χ0n) is 16.6. The van der Waals surface area contributed by atoms with E-state index >= 15 is 0 Å². The Morgan fingerprint density at radius 1 is 1.09 bits per heavy atom. The molecular formula is C23H11ClF2N6O. The summed E-state index contributed by atoms with van der Waals surface area (Å²) in [5.74, 6) is -2.35. The lowest BCUT2D eigenvalue weighted by atomic mass is 9.96. The van der Waals surface area contributed by atoms with Crippen molar-refractivity contribution in [3.05, 3.63) is 92.4 Å². The molecule has 10 heteroatoms. The van der Waals surface area contributed by atoms with Crippen LogP contribution >= 0.6 is 11.6 Å². The topological polar surface area (TPSA) is 121 Å². The molecule has 0 aliphatic heterocycles. The first-order valence-electron chi connectivity index (χ1n) is 9.29. The molecule has 2 aromatic carbocycles. The first kappa shape index (κ1) is 21.6. The number of nitrogens with two attached hydrogens (primary N) is 1. The molecule has 2 aromatic heterocycles. The highest BCUT2D eigenvalue weighted by Gasteiger charge is 2.24. The van der Waals surface area contributed by atoms with Crippen LogP contribution in [0.25, 0.3) is 22.0 Å². The van der Waals surface area contributed by atoms with Crippen LogP contribution in [0.1, 0.15) is 16.7 Å². The molecule has 0 aliphatic carbocycles. The van der Waals surface area contributed by atoms with Gasteiger partial charge in [-0.15, -0.1) is 0 Å². The van der Waals surface area contributed by atoms with Crippen LogP contribution in [-0.4, -0.2) is 15.9 Å². The number of nitrogens with zero attached hydrogens (tertiary/aromatic N) is 5. The summed E-state index contributed by atoms with van der Waals surface area (Å²) in [7, 11) is 0. The molecular weight excluding hydrogens is 450 g/mol. The number of fused-ring (bicyclic) bond motifs is 1. The molecule has 0 spiro atoms. The molecule has 0 amide bonds. The van der Waals surface area contributed by atoms with Crippen LogP contribution in [-0.2, 0) is 0 Å². The first-order valence-corrected chi connectivity index (χ1v) is 9.67. The van der Waals surface area contributed by atoms with Gasteiger partial charge in [-0.2, -0.15) is 20.3 Å². The van der Waals surface area contributed by atoms with Crippen molar-refractivity contribution in [1.82, 2.24) is 9.66 Å². The zero-order valence-corrected chi connectivity index (χ0v) is 17.3. The molecule has 0 aliphatic rings. The van der Waals surface area contributed by atoms with Crippen LogP contribution in [0.3, 0.4) is 0 Å². The van der Waals surface area contributed by atoms with Crippen LogP contribution in [0.4, 0.5) is 14.6 Å². The number of pyridine rings is 2. The maximum Gasteiger partial charge on any atom is 0.291 e. The fourth-order valence-electron chi connectivity index (χ4n) is 3.29. The van der Waals surface area contributed by atoms with Gasteiger partial charge in [0.25, 0.3) is 5.56 Å². The Labute approximate surface area is 190 Å². The molecule has 33 heavy (non-hydrogen) atoms. The van der Waals surface area contributed by atoms with Crippen molar-refractivity contribution in [2.24, 2.45) is 5.10 Å².